The summed E-state index contributed by atoms with van der Waals surface area (Å²) in [5.74, 6) is -0.966. The molecular formula is C16H19NO3S. The van der Waals surface area contributed by atoms with Gasteiger partial charge in [-0.2, -0.15) is 0 Å². The van der Waals surface area contributed by atoms with E-state index in [9.17, 15) is 9.59 Å². The third kappa shape index (κ3) is 3.24. The quantitative estimate of drug-likeness (QED) is 0.919. The molecule has 0 aliphatic carbocycles. The summed E-state index contributed by atoms with van der Waals surface area (Å²) in [5, 5.41) is 9.92. The fourth-order valence-corrected chi connectivity index (χ4v) is 3.48. The Hall–Kier alpha value is -1.88. The van der Waals surface area contributed by atoms with E-state index in [2.05, 4.69) is 0 Å². The van der Waals surface area contributed by atoms with Crippen LogP contribution in [0.3, 0.4) is 0 Å². The van der Waals surface area contributed by atoms with Crippen molar-refractivity contribution in [3.63, 3.8) is 0 Å². The number of carboxylic acids is 1. The van der Waals surface area contributed by atoms with Crippen LogP contribution >= 0.6 is 11.3 Å². The lowest BCUT2D eigenvalue weighted by Crippen LogP contribution is -2.38. The normalized spacial score (nSPS) is 11.0. The maximum Gasteiger partial charge on any atom is 0.305 e. The van der Waals surface area contributed by atoms with E-state index in [1.165, 1.54) is 11.3 Å². The predicted molar refractivity (Wildman–Crippen MR) is 85.0 cm³/mol. The summed E-state index contributed by atoms with van der Waals surface area (Å²) in [4.78, 5) is 25.8. The molecule has 0 saturated heterocycles. The third-order valence-electron chi connectivity index (χ3n) is 3.49. The van der Waals surface area contributed by atoms with Crippen LogP contribution in [0.4, 0.5) is 0 Å². The molecule has 0 atom stereocenters. The van der Waals surface area contributed by atoms with Gasteiger partial charge in [0.1, 0.15) is 0 Å². The third-order valence-corrected chi connectivity index (χ3v) is 4.75. The fraction of sp³-hybridized carbons (Fsp3) is 0.375. The number of carboxylic acid groups (broad SMARTS) is 1. The second-order valence-electron chi connectivity index (χ2n) is 5.29. The zero-order chi connectivity index (χ0) is 15.6. The first kappa shape index (κ1) is 15.5. The highest BCUT2D eigenvalue weighted by Crippen LogP contribution is 2.31. The number of nitrogens with zero attached hydrogens (tertiary/aromatic N) is 1. The van der Waals surface area contributed by atoms with Crippen molar-refractivity contribution in [3.8, 4) is 0 Å². The van der Waals surface area contributed by atoms with Crippen molar-refractivity contribution in [1.29, 1.82) is 0 Å². The lowest BCUT2D eigenvalue weighted by molar-refractivity contribution is -0.137. The standard InChI is InChI=1S/C16H19NO3S/c1-10(2)17(9-8-14(18)19)16(20)15-11(3)12-6-4-5-7-13(12)21-15/h4-7,10H,8-9H2,1-3H3,(H,18,19). The molecule has 0 radical (unpaired) electrons. The number of rotatable bonds is 5. The maximum absolute atomic E-state index is 12.7. The molecule has 5 heteroatoms. The smallest absolute Gasteiger partial charge is 0.305 e. The van der Waals surface area contributed by atoms with E-state index in [0.29, 0.717) is 4.88 Å². The summed E-state index contributed by atoms with van der Waals surface area (Å²) in [6.07, 6.45) is -0.0339. The molecule has 0 aliphatic heterocycles. The Kier molecular flexibility index (Phi) is 4.63. The number of aliphatic carboxylic acids is 1. The first-order chi connectivity index (χ1) is 9.91. The second kappa shape index (κ2) is 6.26. The van der Waals surface area contributed by atoms with Crippen LogP contribution in [0.2, 0.25) is 0 Å². The van der Waals surface area contributed by atoms with Gasteiger partial charge in [0.2, 0.25) is 0 Å². The van der Waals surface area contributed by atoms with Crippen molar-refractivity contribution < 1.29 is 14.7 Å². The Balaban J connectivity index is 2.34. The molecule has 0 saturated carbocycles. The zero-order valence-corrected chi connectivity index (χ0v) is 13.2. The van der Waals surface area contributed by atoms with Crippen LogP contribution in [0.15, 0.2) is 24.3 Å². The van der Waals surface area contributed by atoms with Gasteiger partial charge in [0, 0.05) is 17.3 Å². The Bertz CT molecular complexity index is 675. The van der Waals surface area contributed by atoms with Crippen molar-refractivity contribution in [1.82, 2.24) is 4.90 Å². The van der Waals surface area contributed by atoms with Crippen LogP contribution in [0.5, 0.6) is 0 Å². The van der Waals surface area contributed by atoms with Crippen LogP contribution < -0.4 is 0 Å². The lowest BCUT2D eigenvalue weighted by Gasteiger charge is -2.26. The molecule has 112 valence electrons. The molecule has 1 heterocycles. The SMILES string of the molecule is Cc1c(C(=O)N(CCC(=O)O)C(C)C)sc2ccccc12. The number of thiophene rings is 1. The van der Waals surface area contributed by atoms with Crippen molar-refractivity contribution in [2.45, 2.75) is 33.2 Å². The molecule has 2 rings (SSSR count). The summed E-state index contributed by atoms with van der Waals surface area (Å²) in [6, 6.07) is 7.90. The number of benzene rings is 1. The van der Waals surface area contributed by atoms with Gasteiger partial charge in [-0.25, -0.2) is 0 Å². The maximum atomic E-state index is 12.7. The average molecular weight is 305 g/mol. The molecule has 0 bridgehead atoms. The van der Waals surface area contributed by atoms with Gasteiger partial charge in [-0.05, 0) is 37.8 Å². The van der Waals surface area contributed by atoms with Crippen molar-refractivity contribution in [2.24, 2.45) is 0 Å². The van der Waals surface area contributed by atoms with Gasteiger partial charge in [-0.1, -0.05) is 18.2 Å². The van der Waals surface area contributed by atoms with Crippen LogP contribution in [0.1, 0.15) is 35.5 Å². The van der Waals surface area contributed by atoms with Gasteiger partial charge in [0.15, 0.2) is 0 Å². The Morgan fingerprint density at radius 2 is 1.95 bits per heavy atom. The molecule has 1 N–H and O–H groups in total. The molecule has 1 amide bonds. The summed E-state index contributed by atoms with van der Waals surface area (Å²) in [5.41, 5.74) is 0.974. The van der Waals surface area contributed by atoms with Crippen LogP contribution in [0.25, 0.3) is 10.1 Å². The van der Waals surface area contributed by atoms with Crippen LogP contribution in [-0.4, -0.2) is 34.5 Å². The molecule has 1 aromatic heterocycles. The topological polar surface area (TPSA) is 57.6 Å². The number of carbonyl (C=O) groups excluding carboxylic acids is 1. The molecule has 0 unspecified atom stereocenters. The monoisotopic (exact) mass is 305 g/mol. The molecule has 1 aromatic carbocycles. The summed E-state index contributed by atoms with van der Waals surface area (Å²) < 4.78 is 1.08. The fourth-order valence-electron chi connectivity index (χ4n) is 2.32. The van der Waals surface area contributed by atoms with E-state index in [1.807, 2.05) is 45.0 Å². The number of hydrogen-bond donors (Lipinski definition) is 1. The Labute approximate surface area is 128 Å². The first-order valence-electron chi connectivity index (χ1n) is 6.92. The van der Waals surface area contributed by atoms with Gasteiger partial charge in [0.05, 0.1) is 11.3 Å². The summed E-state index contributed by atoms with van der Waals surface area (Å²) in [7, 11) is 0. The van der Waals surface area contributed by atoms with E-state index < -0.39 is 5.97 Å². The van der Waals surface area contributed by atoms with E-state index in [1.54, 1.807) is 4.90 Å². The van der Waals surface area contributed by atoms with E-state index >= 15 is 0 Å². The molecule has 0 aliphatic rings. The number of amides is 1. The first-order valence-corrected chi connectivity index (χ1v) is 7.74. The zero-order valence-electron chi connectivity index (χ0n) is 12.4. The molecule has 2 aromatic rings. The summed E-state index contributed by atoms with van der Waals surface area (Å²) in [6.45, 7) is 5.99. The van der Waals surface area contributed by atoms with Crippen molar-refractivity contribution in [3.05, 3.63) is 34.7 Å². The molecule has 0 spiro atoms. The predicted octanol–water partition coefficient (Wildman–Crippen LogP) is 3.54. The highest BCUT2D eigenvalue weighted by molar-refractivity contribution is 7.21. The van der Waals surface area contributed by atoms with E-state index in [0.717, 1.165) is 15.6 Å². The van der Waals surface area contributed by atoms with Gasteiger partial charge in [-0.15, -0.1) is 11.3 Å². The summed E-state index contributed by atoms with van der Waals surface area (Å²) >= 11 is 1.47. The number of carbonyl (C=O) groups is 2. The average Bonchev–Trinajstić information content (AvgIpc) is 2.76. The van der Waals surface area contributed by atoms with E-state index in [4.69, 9.17) is 5.11 Å². The number of fused-ring (bicyclic) bond motifs is 1. The minimum absolute atomic E-state index is 0.0264. The van der Waals surface area contributed by atoms with Crippen LogP contribution in [-0.2, 0) is 4.79 Å². The van der Waals surface area contributed by atoms with Gasteiger partial charge in [-0.3, -0.25) is 9.59 Å². The Morgan fingerprint density at radius 3 is 2.52 bits per heavy atom. The van der Waals surface area contributed by atoms with Crippen molar-refractivity contribution >= 4 is 33.3 Å². The number of hydrogen-bond acceptors (Lipinski definition) is 3. The molecule has 4 nitrogen and oxygen atoms in total. The molecular weight excluding hydrogens is 286 g/mol. The van der Waals surface area contributed by atoms with Gasteiger partial charge < -0.3 is 10.0 Å². The molecule has 0 fully saturated rings. The highest BCUT2D eigenvalue weighted by Gasteiger charge is 2.23. The van der Waals surface area contributed by atoms with Crippen molar-refractivity contribution in [2.75, 3.05) is 6.54 Å². The largest absolute Gasteiger partial charge is 0.481 e. The lowest BCUT2D eigenvalue weighted by atomic mass is 10.1. The number of aryl methyl sites for hydroxylation is 1. The molecule has 21 heavy (non-hydrogen) atoms. The minimum Gasteiger partial charge on any atom is -0.481 e. The van der Waals surface area contributed by atoms with Crippen LogP contribution in [0, 0.1) is 6.92 Å². The van der Waals surface area contributed by atoms with Gasteiger partial charge in [0.25, 0.3) is 5.91 Å². The van der Waals surface area contributed by atoms with Gasteiger partial charge >= 0.3 is 5.97 Å². The van der Waals surface area contributed by atoms with E-state index in [-0.39, 0.29) is 24.9 Å². The highest BCUT2D eigenvalue weighted by atomic mass is 32.1. The second-order valence-corrected chi connectivity index (χ2v) is 6.34. The Morgan fingerprint density at radius 1 is 1.29 bits per heavy atom. The minimum atomic E-state index is -0.887.